The molecule has 0 saturated heterocycles. The third-order valence-electron chi connectivity index (χ3n) is 4.35. The van der Waals surface area contributed by atoms with Crippen molar-refractivity contribution in [1.29, 1.82) is 0 Å². The lowest BCUT2D eigenvalue weighted by atomic mass is 10.0. The van der Waals surface area contributed by atoms with Crippen molar-refractivity contribution in [2.24, 2.45) is 0 Å². The molecular formula is C19H10O10. The zero-order valence-electron chi connectivity index (χ0n) is 14.2. The summed E-state index contributed by atoms with van der Waals surface area (Å²) >= 11 is 0. The largest absolute Gasteiger partial charge is 0.504 e. The van der Waals surface area contributed by atoms with Gasteiger partial charge in [0, 0.05) is 17.5 Å². The van der Waals surface area contributed by atoms with E-state index in [0.29, 0.717) is 0 Å². The van der Waals surface area contributed by atoms with Gasteiger partial charge in [-0.05, 0) is 12.1 Å². The van der Waals surface area contributed by atoms with Gasteiger partial charge >= 0.3 is 11.6 Å². The van der Waals surface area contributed by atoms with E-state index in [1.54, 1.807) is 0 Å². The Hall–Kier alpha value is -4.47. The molecule has 0 spiro atoms. The van der Waals surface area contributed by atoms with E-state index in [1.807, 2.05) is 0 Å². The molecule has 2 aromatic heterocycles. The lowest BCUT2D eigenvalue weighted by Gasteiger charge is -2.08. The molecule has 0 aliphatic heterocycles. The molecule has 0 saturated carbocycles. The first-order chi connectivity index (χ1) is 13.7. The molecule has 29 heavy (non-hydrogen) atoms. The molecule has 0 aliphatic rings. The standard InChI is InChI=1S/C19H10O10/c20-9-2-6-1-7(19(27)29-12(6)3-10(9)21)8-5-28-13-4-11(22)17(24)15(18(25)26)14(13)16(8)23/h1-5,20-22,24H,(H,25,26). The van der Waals surface area contributed by atoms with E-state index in [0.717, 1.165) is 24.5 Å². The number of aromatic carboxylic acids is 1. The van der Waals surface area contributed by atoms with E-state index in [2.05, 4.69) is 0 Å². The van der Waals surface area contributed by atoms with Gasteiger partial charge in [-0.15, -0.1) is 0 Å². The van der Waals surface area contributed by atoms with E-state index in [1.165, 1.54) is 6.07 Å². The minimum absolute atomic E-state index is 0.0620. The van der Waals surface area contributed by atoms with Crippen LogP contribution in [0.25, 0.3) is 33.1 Å². The van der Waals surface area contributed by atoms with Crippen molar-refractivity contribution < 1.29 is 39.2 Å². The van der Waals surface area contributed by atoms with Crippen LogP contribution in [0.2, 0.25) is 0 Å². The third kappa shape index (κ3) is 2.62. The van der Waals surface area contributed by atoms with E-state index in [-0.39, 0.29) is 27.7 Å². The fourth-order valence-corrected chi connectivity index (χ4v) is 2.99. The Balaban J connectivity index is 2.10. The van der Waals surface area contributed by atoms with Gasteiger partial charge in [0.1, 0.15) is 23.0 Å². The molecule has 0 radical (unpaired) electrons. The van der Waals surface area contributed by atoms with Gasteiger partial charge in [0.25, 0.3) is 0 Å². The molecule has 2 aromatic carbocycles. The second kappa shape index (κ2) is 6.02. The lowest BCUT2D eigenvalue weighted by Crippen LogP contribution is -2.14. The molecule has 0 atom stereocenters. The number of aromatic hydroxyl groups is 4. The van der Waals surface area contributed by atoms with Crippen LogP contribution in [0.4, 0.5) is 0 Å². The second-order valence-corrected chi connectivity index (χ2v) is 6.10. The zero-order chi connectivity index (χ0) is 21.0. The van der Waals surface area contributed by atoms with Crippen molar-refractivity contribution in [3.63, 3.8) is 0 Å². The number of hydrogen-bond acceptors (Lipinski definition) is 9. The van der Waals surface area contributed by atoms with Crippen LogP contribution in [0.3, 0.4) is 0 Å². The summed E-state index contributed by atoms with van der Waals surface area (Å²) in [5, 5.41) is 47.6. The highest BCUT2D eigenvalue weighted by Crippen LogP contribution is 2.36. The molecule has 0 unspecified atom stereocenters. The van der Waals surface area contributed by atoms with Crippen LogP contribution in [0.15, 0.2) is 49.0 Å². The van der Waals surface area contributed by atoms with Gasteiger partial charge in [0.2, 0.25) is 5.43 Å². The average Bonchev–Trinajstić information content (AvgIpc) is 2.65. The van der Waals surface area contributed by atoms with Gasteiger partial charge in [-0.3, -0.25) is 4.79 Å². The minimum atomic E-state index is -1.70. The number of phenolic OH excluding ortho intramolecular Hbond substituents is 3. The maximum atomic E-state index is 12.9. The Labute approximate surface area is 158 Å². The molecule has 0 bridgehead atoms. The summed E-state index contributed by atoms with van der Waals surface area (Å²) in [7, 11) is 0. The fraction of sp³-hybridized carbons (Fsp3) is 0. The molecule has 4 rings (SSSR count). The summed E-state index contributed by atoms with van der Waals surface area (Å²) in [6, 6.07) is 4.18. The average molecular weight is 398 g/mol. The SMILES string of the molecule is O=C(O)c1c(O)c(O)cc2occ(-c3cc4cc(O)c(O)cc4oc3=O)c(=O)c12. The van der Waals surface area contributed by atoms with Crippen LogP contribution in [-0.4, -0.2) is 31.5 Å². The van der Waals surface area contributed by atoms with Crippen molar-refractivity contribution >= 4 is 27.9 Å². The quantitative estimate of drug-likeness (QED) is 0.248. The normalized spacial score (nSPS) is 11.2. The fourth-order valence-electron chi connectivity index (χ4n) is 2.99. The molecule has 10 heteroatoms. The summed E-state index contributed by atoms with van der Waals surface area (Å²) < 4.78 is 10.3. The van der Waals surface area contributed by atoms with Gasteiger partial charge < -0.3 is 34.4 Å². The number of hydrogen-bond donors (Lipinski definition) is 5. The summed E-state index contributed by atoms with van der Waals surface area (Å²) in [5.41, 5.74) is -3.89. The highest BCUT2D eigenvalue weighted by Gasteiger charge is 2.24. The summed E-state index contributed by atoms with van der Waals surface area (Å²) in [5.74, 6) is -4.53. The number of fused-ring (bicyclic) bond motifs is 2. The Morgan fingerprint density at radius 1 is 0.828 bits per heavy atom. The molecule has 10 nitrogen and oxygen atoms in total. The monoisotopic (exact) mass is 398 g/mol. The first-order valence-electron chi connectivity index (χ1n) is 7.93. The maximum Gasteiger partial charge on any atom is 0.344 e. The molecule has 0 amide bonds. The molecule has 146 valence electrons. The predicted octanol–water partition coefficient (Wildman–Crippen LogP) is 2.09. The van der Waals surface area contributed by atoms with Crippen LogP contribution < -0.4 is 11.1 Å². The van der Waals surface area contributed by atoms with Crippen molar-refractivity contribution in [3.05, 3.63) is 56.7 Å². The third-order valence-corrected chi connectivity index (χ3v) is 4.35. The summed E-state index contributed by atoms with van der Waals surface area (Å²) in [6.45, 7) is 0. The lowest BCUT2D eigenvalue weighted by molar-refractivity contribution is 0.0695. The molecule has 2 heterocycles. The number of rotatable bonds is 2. The highest BCUT2D eigenvalue weighted by atomic mass is 16.4. The Bertz CT molecular complexity index is 1460. The predicted molar refractivity (Wildman–Crippen MR) is 97.6 cm³/mol. The van der Waals surface area contributed by atoms with Crippen molar-refractivity contribution in [1.82, 2.24) is 0 Å². The zero-order valence-corrected chi connectivity index (χ0v) is 14.2. The molecular weight excluding hydrogens is 388 g/mol. The van der Waals surface area contributed by atoms with Crippen molar-refractivity contribution in [3.8, 4) is 34.1 Å². The van der Waals surface area contributed by atoms with Crippen LogP contribution in [-0.2, 0) is 0 Å². The topological polar surface area (TPSA) is 179 Å². The van der Waals surface area contributed by atoms with Gasteiger partial charge in [0.05, 0.1) is 16.5 Å². The number of carboxylic acids is 1. The van der Waals surface area contributed by atoms with Crippen LogP contribution in [0.1, 0.15) is 10.4 Å². The first-order valence-corrected chi connectivity index (χ1v) is 7.93. The Kier molecular flexibility index (Phi) is 3.72. The van der Waals surface area contributed by atoms with Gasteiger partial charge in [0.15, 0.2) is 23.0 Å². The van der Waals surface area contributed by atoms with Gasteiger partial charge in [-0.25, -0.2) is 9.59 Å². The van der Waals surface area contributed by atoms with Crippen LogP contribution >= 0.6 is 0 Å². The summed E-state index contributed by atoms with van der Waals surface area (Å²) in [4.78, 5) is 36.8. The van der Waals surface area contributed by atoms with Gasteiger partial charge in [-0.2, -0.15) is 0 Å². The van der Waals surface area contributed by atoms with Crippen LogP contribution in [0, 0.1) is 0 Å². The van der Waals surface area contributed by atoms with Gasteiger partial charge in [-0.1, -0.05) is 0 Å². The molecule has 0 aliphatic carbocycles. The molecule has 4 aromatic rings. The number of carbonyl (C=O) groups is 1. The molecule has 5 N–H and O–H groups in total. The Morgan fingerprint density at radius 3 is 2.17 bits per heavy atom. The van der Waals surface area contributed by atoms with Crippen molar-refractivity contribution in [2.75, 3.05) is 0 Å². The Morgan fingerprint density at radius 2 is 1.48 bits per heavy atom. The number of benzene rings is 2. The smallest absolute Gasteiger partial charge is 0.344 e. The summed E-state index contributed by atoms with van der Waals surface area (Å²) in [6.07, 6.45) is 0.880. The highest BCUT2D eigenvalue weighted by molar-refractivity contribution is 6.06. The first kappa shape index (κ1) is 17.9. The number of phenols is 4. The van der Waals surface area contributed by atoms with E-state index in [9.17, 15) is 39.9 Å². The van der Waals surface area contributed by atoms with Crippen molar-refractivity contribution in [2.45, 2.75) is 0 Å². The minimum Gasteiger partial charge on any atom is -0.504 e. The maximum absolute atomic E-state index is 12.9. The van der Waals surface area contributed by atoms with E-state index in [4.69, 9.17) is 8.83 Å². The van der Waals surface area contributed by atoms with Crippen LogP contribution in [0.5, 0.6) is 23.0 Å². The number of carboxylic acid groups (broad SMARTS) is 1. The van der Waals surface area contributed by atoms with E-state index >= 15 is 0 Å². The second-order valence-electron chi connectivity index (χ2n) is 6.10. The molecule has 0 fully saturated rings. The van der Waals surface area contributed by atoms with E-state index < -0.39 is 51.0 Å².